The molecule has 0 saturated heterocycles. The molecule has 1 rings (SSSR count). The van der Waals surface area contributed by atoms with Gasteiger partial charge in [0.2, 0.25) is 0 Å². The van der Waals surface area contributed by atoms with Crippen LogP contribution in [0.2, 0.25) is 0 Å². The number of alkyl halides is 1. The van der Waals surface area contributed by atoms with Gasteiger partial charge in [0.05, 0.1) is 0 Å². The van der Waals surface area contributed by atoms with E-state index in [1.807, 2.05) is 14.1 Å². The molecule has 0 aromatic heterocycles. The minimum atomic E-state index is 0.884. The van der Waals surface area contributed by atoms with Crippen LogP contribution in [0.4, 0.5) is 5.69 Å². The van der Waals surface area contributed by atoms with E-state index < -0.39 is 0 Å². The maximum absolute atomic E-state index is 3.49. The second kappa shape index (κ2) is 4.28. The number of nitrogens with zero attached hydrogens (tertiary/aromatic N) is 1. The first-order valence-corrected chi connectivity index (χ1v) is 5.58. The average Bonchev–Trinajstić information content (AvgIpc) is 2.05. The van der Waals surface area contributed by atoms with E-state index in [0.717, 1.165) is 9.80 Å². The number of benzene rings is 1. The van der Waals surface area contributed by atoms with E-state index in [0.29, 0.717) is 0 Å². The summed E-state index contributed by atoms with van der Waals surface area (Å²) in [5.74, 6) is 0. The first-order valence-electron chi connectivity index (χ1n) is 3.67. The summed E-state index contributed by atoms with van der Waals surface area (Å²) in [6, 6.07) is 6.33. The van der Waals surface area contributed by atoms with Gasteiger partial charge in [-0.1, -0.05) is 31.9 Å². The number of hydrogen-bond acceptors (Lipinski definition) is 1. The number of anilines is 1. The van der Waals surface area contributed by atoms with Gasteiger partial charge in [-0.05, 0) is 23.8 Å². The second-order valence-electron chi connectivity index (χ2n) is 2.80. The summed E-state index contributed by atoms with van der Waals surface area (Å²) in [5.41, 5.74) is 2.51. The Labute approximate surface area is 90.0 Å². The van der Waals surface area contributed by atoms with Crippen LogP contribution in [-0.4, -0.2) is 14.1 Å². The molecule has 0 amide bonds. The van der Waals surface area contributed by atoms with Crippen LogP contribution < -0.4 is 4.90 Å². The van der Waals surface area contributed by atoms with Crippen molar-refractivity contribution < 1.29 is 0 Å². The van der Waals surface area contributed by atoms with E-state index in [1.54, 1.807) is 0 Å². The maximum Gasteiger partial charge on any atom is 0.0364 e. The predicted octanol–water partition coefficient (Wildman–Crippen LogP) is 3.41. The third kappa shape index (κ3) is 2.23. The predicted molar refractivity (Wildman–Crippen MR) is 61.1 cm³/mol. The van der Waals surface area contributed by atoms with E-state index in [1.165, 1.54) is 11.3 Å². The molecule has 12 heavy (non-hydrogen) atoms. The molecule has 0 aliphatic rings. The second-order valence-corrected chi connectivity index (χ2v) is 4.22. The maximum atomic E-state index is 3.49. The largest absolute Gasteiger partial charge is 0.378 e. The van der Waals surface area contributed by atoms with Crippen molar-refractivity contribution in [2.75, 3.05) is 19.0 Å². The average molecular weight is 293 g/mol. The fourth-order valence-corrected chi connectivity index (χ4v) is 2.17. The molecule has 3 heteroatoms. The van der Waals surface area contributed by atoms with Gasteiger partial charge in [-0.25, -0.2) is 0 Å². The zero-order valence-corrected chi connectivity index (χ0v) is 10.3. The van der Waals surface area contributed by atoms with Crippen molar-refractivity contribution in [1.29, 1.82) is 0 Å². The molecular weight excluding hydrogens is 282 g/mol. The highest BCUT2D eigenvalue weighted by molar-refractivity contribution is 9.10. The fraction of sp³-hybridized carbons (Fsp3) is 0.333. The van der Waals surface area contributed by atoms with Crippen LogP contribution in [0.15, 0.2) is 22.7 Å². The zero-order valence-electron chi connectivity index (χ0n) is 7.14. The molecule has 0 saturated carbocycles. The highest BCUT2D eigenvalue weighted by Gasteiger charge is 2.00. The van der Waals surface area contributed by atoms with Crippen LogP contribution in [-0.2, 0) is 5.33 Å². The van der Waals surface area contributed by atoms with Gasteiger partial charge in [-0.3, -0.25) is 0 Å². The monoisotopic (exact) mass is 291 g/mol. The summed E-state index contributed by atoms with van der Waals surface area (Å²) in [6.07, 6.45) is 0. The van der Waals surface area contributed by atoms with Crippen molar-refractivity contribution >= 4 is 37.5 Å². The van der Waals surface area contributed by atoms with Gasteiger partial charge < -0.3 is 4.90 Å². The van der Waals surface area contributed by atoms with Gasteiger partial charge in [0, 0.05) is 29.6 Å². The van der Waals surface area contributed by atoms with Crippen molar-refractivity contribution in [1.82, 2.24) is 0 Å². The Morgan fingerprint density at radius 2 is 2.00 bits per heavy atom. The van der Waals surface area contributed by atoms with Gasteiger partial charge in [0.25, 0.3) is 0 Å². The van der Waals surface area contributed by atoms with Gasteiger partial charge >= 0.3 is 0 Å². The Bertz CT molecular complexity index is 271. The van der Waals surface area contributed by atoms with Crippen LogP contribution in [0, 0.1) is 0 Å². The summed E-state index contributed by atoms with van der Waals surface area (Å²) < 4.78 is 1.16. The molecule has 66 valence electrons. The third-order valence-corrected chi connectivity index (χ3v) is 3.07. The highest BCUT2D eigenvalue weighted by Crippen LogP contribution is 2.24. The minimum absolute atomic E-state index is 0.884. The number of hydrogen-bond donors (Lipinski definition) is 0. The SMILES string of the molecule is CN(C)c1ccc(Br)c(CBr)c1. The molecule has 0 fully saturated rings. The smallest absolute Gasteiger partial charge is 0.0364 e. The fourth-order valence-electron chi connectivity index (χ4n) is 0.942. The summed E-state index contributed by atoms with van der Waals surface area (Å²) in [7, 11) is 4.09. The Kier molecular flexibility index (Phi) is 3.59. The Morgan fingerprint density at radius 3 is 2.50 bits per heavy atom. The topological polar surface area (TPSA) is 3.24 Å². The highest BCUT2D eigenvalue weighted by atomic mass is 79.9. The van der Waals surface area contributed by atoms with Crippen molar-refractivity contribution in [3.8, 4) is 0 Å². The molecule has 1 aromatic rings. The van der Waals surface area contributed by atoms with Crippen LogP contribution in [0.3, 0.4) is 0 Å². The summed E-state index contributed by atoms with van der Waals surface area (Å²) >= 11 is 6.93. The summed E-state index contributed by atoms with van der Waals surface area (Å²) in [5, 5.41) is 0.884. The molecule has 1 aromatic carbocycles. The molecule has 0 unspecified atom stereocenters. The molecule has 0 heterocycles. The van der Waals surface area contributed by atoms with Crippen LogP contribution in [0.1, 0.15) is 5.56 Å². The van der Waals surface area contributed by atoms with Crippen molar-refractivity contribution in [3.63, 3.8) is 0 Å². The van der Waals surface area contributed by atoms with Gasteiger partial charge in [0.1, 0.15) is 0 Å². The first-order chi connectivity index (χ1) is 5.65. The van der Waals surface area contributed by atoms with Crippen LogP contribution in [0.25, 0.3) is 0 Å². The molecule has 0 bridgehead atoms. The molecule has 0 aliphatic carbocycles. The summed E-state index contributed by atoms with van der Waals surface area (Å²) in [4.78, 5) is 2.10. The van der Waals surface area contributed by atoms with Crippen LogP contribution >= 0.6 is 31.9 Å². The lowest BCUT2D eigenvalue weighted by atomic mass is 10.2. The Balaban J connectivity index is 3.05. The first kappa shape index (κ1) is 10.1. The molecule has 0 atom stereocenters. The standard InChI is InChI=1S/C9H11Br2N/c1-12(2)8-3-4-9(11)7(5-8)6-10/h3-5H,6H2,1-2H3. The molecule has 1 nitrogen and oxygen atoms in total. The zero-order chi connectivity index (χ0) is 9.14. The minimum Gasteiger partial charge on any atom is -0.378 e. The molecule has 0 aliphatic heterocycles. The van der Waals surface area contributed by atoms with Gasteiger partial charge in [-0.15, -0.1) is 0 Å². The normalized spacial score (nSPS) is 10.0. The molecule has 0 N–H and O–H groups in total. The van der Waals surface area contributed by atoms with E-state index >= 15 is 0 Å². The van der Waals surface area contributed by atoms with E-state index in [9.17, 15) is 0 Å². The lowest BCUT2D eigenvalue weighted by Gasteiger charge is -2.13. The van der Waals surface area contributed by atoms with E-state index in [4.69, 9.17) is 0 Å². The molecule has 0 radical (unpaired) electrons. The molecule has 0 spiro atoms. The molecular formula is C9H11Br2N. The Morgan fingerprint density at radius 1 is 1.33 bits per heavy atom. The summed E-state index contributed by atoms with van der Waals surface area (Å²) in [6.45, 7) is 0. The Hall–Kier alpha value is -0.0200. The third-order valence-electron chi connectivity index (χ3n) is 1.69. The number of halogens is 2. The quantitative estimate of drug-likeness (QED) is 0.755. The van der Waals surface area contributed by atoms with Crippen molar-refractivity contribution in [3.05, 3.63) is 28.2 Å². The van der Waals surface area contributed by atoms with Gasteiger partial charge in [0.15, 0.2) is 0 Å². The van der Waals surface area contributed by atoms with Gasteiger partial charge in [-0.2, -0.15) is 0 Å². The van der Waals surface area contributed by atoms with E-state index in [-0.39, 0.29) is 0 Å². The number of rotatable bonds is 2. The van der Waals surface area contributed by atoms with Crippen LogP contribution in [0.5, 0.6) is 0 Å². The van der Waals surface area contributed by atoms with Crippen molar-refractivity contribution in [2.45, 2.75) is 5.33 Å². The lowest BCUT2D eigenvalue weighted by molar-refractivity contribution is 1.12. The van der Waals surface area contributed by atoms with Crippen molar-refractivity contribution in [2.24, 2.45) is 0 Å². The van der Waals surface area contributed by atoms with E-state index in [2.05, 4.69) is 55.0 Å². The lowest BCUT2D eigenvalue weighted by Crippen LogP contribution is -2.08.